The number of cyclic esters (lactones) is 1. The Balaban J connectivity index is 0.000000360. The summed E-state index contributed by atoms with van der Waals surface area (Å²) in [6.07, 6.45) is 3.10. The molecule has 0 bridgehead atoms. The van der Waals surface area contributed by atoms with Crippen LogP contribution in [0.1, 0.15) is 0 Å². The third-order valence-electron chi connectivity index (χ3n) is 0.576. The van der Waals surface area contributed by atoms with Crippen molar-refractivity contribution in [1.29, 1.82) is 0 Å². The Kier molecular flexibility index (Phi) is 3.34. The van der Waals surface area contributed by atoms with Gasteiger partial charge in [-0.3, -0.25) is 0 Å². The van der Waals surface area contributed by atoms with E-state index in [2.05, 4.69) is 4.74 Å². The van der Waals surface area contributed by atoms with Gasteiger partial charge in [-0.2, -0.15) is 0 Å². The van der Waals surface area contributed by atoms with E-state index in [1.165, 1.54) is 6.08 Å². The summed E-state index contributed by atoms with van der Waals surface area (Å²) in [6, 6.07) is 0. The van der Waals surface area contributed by atoms with E-state index in [9.17, 15) is 4.79 Å². The van der Waals surface area contributed by atoms with Gasteiger partial charge in [-0.15, -0.1) is 0 Å². The summed E-state index contributed by atoms with van der Waals surface area (Å²) in [5, 5.41) is 0. The van der Waals surface area contributed by atoms with Gasteiger partial charge in [-0.25, -0.2) is 4.79 Å². The minimum absolute atomic E-state index is 0. The van der Waals surface area contributed by atoms with Crippen LogP contribution in [0.5, 0.6) is 0 Å². The van der Waals surface area contributed by atoms with Gasteiger partial charge in [0.15, 0.2) is 0 Å². The average Bonchev–Trinajstić information content (AvgIpc) is 1.86. The molecule has 0 amide bonds. The molecule has 0 aromatic heterocycles. The second-order valence-corrected chi connectivity index (χ2v) is 1.03. The molecule has 0 fully saturated rings. The van der Waals surface area contributed by atoms with Gasteiger partial charge in [-0.05, 0) is 6.08 Å². The Morgan fingerprint density at radius 1 is 1.71 bits per heavy atom. The second kappa shape index (κ2) is 3.24. The van der Waals surface area contributed by atoms with Crippen molar-refractivity contribution in [3.63, 3.8) is 0 Å². The standard InChI is InChI=1S/C4H4O2.Na/c5-4-2-1-3-6-4;/h1-2H,3H2;. The molecule has 0 aromatic rings. The fourth-order valence-corrected chi connectivity index (χ4v) is 0.323. The number of carbonyl (C=O) groups excluding carboxylic acids is 1. The smallest absolute Gasteiger partial charge is 0.330 e. The molecule has 2 nitrogen and oxygen atoms in total. The first-order valence-electron chi connectivity index (χ1n) is 1.73. The Morgan fingerprint density at radius 2 is 2.43 bits per heavy atom. The largest absolute Gasteiger partial charge is 0.458 e. The predicted molar refractivity (Wildman–Crippen MR) is 25.9 cm³/mol. The third kappa shape index (κ3) is 2.12. The molecular formula is C4H4NaO2. The average molecular weight is 107 g/mol. The van der Waals surface area contributed by atoms with Crippen molar-refractivity contribution in [3.8, 4) is 0 Å². The number of ether oxygens (including phenoxy) is 1. The minimum Gasteiger partial charge on any atom is -0.458 e. The molecule has 0 aromatic carbocycles. The van der Waals surface area contributed by atoms with Crippen LogP contribution in [-0.4, -0.2) is 42.1 Å². The van der Waals surface area contributed by atoms with Gasteiger partial charge in [0.25, 0.3) is 0 Å². The number of hydrogen-bond donors (Lipinski definition) is 0. The maximum Gasteiger partial charge on any atom is 0.330 e. The van der Waals surface area contributed by atoms with Crippen molar-refractivity contribution in [2.24, 2.45) is 0 Å². The van der Waals surface area contributed by atoms with Gasteiger partial charge < -0.3 is 4.74 Å². The van der Waals surface area contributed by atoms with Crippen LogP contribution >= 0.6 is 0 Å². The van der Waals surface area contributed by atoms with E-state index in [1.807, 2.05) is 0 Å². The van der Waals surface area contributed by atoms with Crippen LogP contribution in [-0.2, 0) is 9.53 Å². The molecule has 1 heterocycles. The van der Waals surface area contributed by atoms with Gasteiger partial charge in [-0.1, -0.05) is 0 Å². The molecule has 0 aliphatic carbocycles. The minimum atomic E-state index is -0.227. The fraction of sp³-hybridized carbons (Fsp3) is 0.250. The van der Waals surface area contributed by atoms with E-state index in [1.54, 1.807) is 6.08 Å². The van der Waals surface area contributed by atoms with Crippen LogP contribution in [0, 0.1) is 0 Å². The topological polar surface area (TPSA) is 26.3 Å². The van der Waals surface area contributed by atoms with E-state index in [4.69, 9.17) is 0 Å². The van der Waals surface area contributed by atoms with Gasteiger partial charge >= 0.3 is 5.97 Å². The van der Waals surface area contributed by atoms with Crippen molar-refractivity contribution in [2.75, 3.05) is 6.61 Å². The SMILES string of the molecule is O=C1C=CCO1.[Na]. The number of carbonyl (C=O) groups is 1. The van der Waals surface area contributed by atoms with Crippen LogP contribution in [0.25, 0.3) is 0 Å². The quantitative estimate of drug-likeness (QED) is 0.314. The summed E-state index contributed by atoms with van der Waals surface area (Å²) in [6.45, 7) is 0.457. The monoisotopic (exact) mass is 107 g/mol. The van der Waals surface area contributed by atoms with Gasteiger partial charge in [0.2, 0.25) is 0 Å². The molecular weight excluding hydrogens is 103 g/mol. The van der Waals surface area contributed by atoms with Crippen LogP contribution in [0.2, 0.25) is 0 Å². The Morgan fingerprint density at radius 3 is 2.57 bits per heavy atom. The Bertz CT molecular complexity index is 97.9. The summed E-state index contributed by atoms with van der Waals surface area (Å²) >= 11 is 0. The molecule has 1 rings (SSSR count). The molecule has 0 N–H and O–H groups in total. The first-order valence-corrected chi connectivity index (χ1v) is 1.73. The number of esters is 1. The van der Waals surface area contributed by atoms with Crippen molar-refractivity contribution in [2.45, 2.75) is 0 Å². The predicted octanol–water partition coefficient (Wildman–Crippen LogP) is -0.281. The molecule has 0 unspecified atom stereocenters. The zero-order valence-electron chi connectivity index (χ0n) is 4.18. The summed E-state index contributed by atoms with van der Waals surface area (Å²) < 4.78 is 4.40. The molecule has 1 radical (unpaired) electrons. The van der Waals surface area contributed by atoms with E-state index < -0.39 is 0 Å². The molecule has 7 heavy (non-hydrogen) atoms. The molecule has 1 aliphatic heterocycles. The van der Waals surface area contributed by atoms with Crippen molar-refractivity contribution in [1.82, 2.24) is 0 Å². The summed E-state index contributed by atoms with van der Waals surface area (Å²) in [5.41, 5.74) is 0. The normalized spacial score (nSPS) is 15.7. The van der Waals surface area contributed by atoms with Crippen molar-refractivity contribution in [3.05, 3.63) is 12.2 Å². The summed E-state index contributed by atoms with van der Waals surface area (Å²) in [5.74, 6) is -0.227. The van der Waals surface area contributed by atoms with Gasteiger partial charge in [0.1, 0.15) is 6.61 Å². The summed E-state index contributed by atoms with van der Waals surface area (Å²) in [7, 11) is 0. The van der Waals surface area contributed by atoms with E-state index in [0.717, 1.165) is 0 Å². The first-order chi connectivity index (χ1) is 2.89. The van der Waals surface area contributed by atoms with Crippen molar-refractivity contribution >= 4 is 35.5 Å². The van der Waals surface area contributed by atoms with E-state index >= 15 is 0 Å². The van der Waals surface area contributed by atoms with Gasteiger partial charge in [0, 0.05) is 35.6 Å². The first kappa shape index (κ1) is 7.21. The second-order valence-electron chi connectivity index (χ2n) is 1.03. The summed E-state index contributed by atoms with van der Waals surface area (Å²) in [4.78, 5) is 9.93. The molecule has 1 aliphatic rings. The van der Waals surface area contributed by atoms with Gasteiger partial charge in [0.05, 0.1) is 0 Å². The zero-order valence-corrected chi connectivity index (χ0v) is 6.18. The van der Waals surface area contributed by atoms with Crippen LogP contribution in [0.15, 0.2) is 12.2 Å². The zero-order chi connectivity index (χ0) is 4.41. The van der Waals surface area contributed by atoms with E-state index in [-0.39, 0.29) is 35.5 Å². The molecule has 0 saturated carbocycles. The van der Waals surface area contributed by atoms with E-state index in [0.29, 0.717) is 6.61 Å². The third-order valence-corrected chi connectivity index (χ3v) is 0.576. The Hall–Kier alpha value is 0.210. The molecule has 3 heteroatoms. The Labute approximate surface area is 63.8 Å². The number of hydrogen-bond acceptors (Lipinski definition) is 2. The molecule has 0 spiro atoms. The van der Waals surface area contributed by atoms with Crippen molar-refractivity contribution < 1.29 is 9.53 Å². The maximum atomic E-state index is 9.93. The van der Waals surface area contributed by atoms with Crippen LogP contribution < -0.4 is 0 Å². The van der Waals surface area contributed by atoms with Crippen LogP contribution in [0.4, 0.5) is 0 Å². The maximum absolute atomic E-state index is 9.93. The molecule has 33 valence electrons. The molecule has 0 atom stereocenters. The number of rotatable bonds is 0. The fourth-order valence-electron chi connectivity index (χ4n) is 0.323. The van der Waals surface area contributed by atoms with Crippen LogP contribution in [0.3, 0.4) is 0 Å². The molecule has 0 saturated heterocycles.